The van der Waals surface area contributed by atoms with E-state index in [0.29, 0.717) is 6.54 Å². The molecule has 3 N–H and O–H groups in total. The molecule has 19 heavy (non-hydrogen) atoms. The first-order valence-corrected chi connectivity index (χ1v) is 6.37. The van der Waals surface area contributed by atoms with Crippen LogP contribution in [0.25, 0.3) is 0 Å². The smallest absolute Gasteiger partial charge is 0.354 e. The Balaban J connectivity index is 2.47. The van der Waals surface area contributed by atoms with E-state index in [2.05, 4.69) is 34.0 Å². The largest absolute Gasteiger partial charge is 0.477 e. The monoisotopic (exact) mass is 268 g/mol. The van der Waals surface area contributed by atoms with Gasteiger partial charge in [-0.25, -0.2) is 9.78 Å². The van der Waals surface area contributed by atoms with Gasteiger partial charge in [0.15, 0.2) is 11.4 Å². The minimum Gasteiger partial charge on any atom is -0.477 e. The summed E-state index contributed by atoms with van der Waals surface area (Å²) in [5, 5.41) is 11.5. The lowest BCUT2D eigenvalue weighted by Gasteiger charge is -2.19. The van der Waals surface area contributed by atoms with Crippen LogP contribution in [-0.4, -0.2) is 58.0 Å². The average Bonchev–Trinajstić information content (AvgIpc) is 2.86. The number of carboxylic acid groups (broad SMARTS) is 1. The summed E-state index contributed by atoms with van der Waals surface area (Å²) in [6.07, 6.45) is 2.26. The Morgan fingerprint density at radius 2 is 2.16 bits per heavy atom. The zero-order valence-corrected chi connectivity index (χ0v) is 11.3. The number of nitrogens with one attached hydrogen (secondary N) is 2. The van der Waals surface area contributed by atoms with Crippen molar-refractivity contribution < 1.29 is 14.7 Å². The summed E-state index contributed by atoms with van der Waals surface area (Å²) >= 11 is 0. The molecule has 1 aromatic rings. The lowest BCUT2D eigenvalue weighted by molar-refractivity contribution is 0.0685. The van der Waals surface area contributed by atoms with Crippen molar-refractivity contribution in [2.45, 2.75) is 20.3 Å². The number of hydrogen-bond donors (Lipinski definition) is 3. The van der Waals surface area contributed by atoms with Crippen LogP contribution in [-0.2, 0) is 0 Å². The Morgan fingerprint density at radius 3 is 2.74 bits per heavy atom. The summed E-state index contributed by atoms with van der Waals surface area (Å²) in [5.41, 5.74) is -0.260. The van der Waals surface area contributed by atoms with Crippen LogP contribution in [0.2, 0.25) is 0 Å². The van der Waals surface area contributed by atoms with E-state index in [0.717, 1.165) is 26.1 Å². The highest BCUT2D eigenvalue weighted by molar-refractivity contribution is 6.02. The van der Waals surface area contributed by atoms with Gasteiger partial charge in [-0.3, -0.25) is 4.79 Å². The van der Waals surface area contributed by atoms with Crippen molar-refractivity contribution in [1.82, 2.24) is 20.2 Å². The number of hydrogen-bond acceptors (Lipinski definition) is 4. The minimum absolute atomic E-state index is 0.0777. The summed E-state index contributed by atoms with van der Waals surface area (Å²) < 4.78 is 0. The minimum atomic E-state index is -1.19. The highest BCUT2D eigenvalue weighted by Gasteiger charge is 2.19. The van der Waals surface area contributed by atoms with Gasteiger partial charge >= 0.3 is 5.97 Å². The number of carbonyl (C=O) groups is 2. The number of nitrogens with zero attached hydrogens (tertiary/aromatic N) is 2. The van der Waals surface area contributed by atoms with Crippen molar-refractivity contribution in [3.05, 3.63) is 17.7 Å². The van der Waals surface area contributed by atoms with Gasteiger partial charge in [-0.05, 0) is 19.5 Å². The second-order valence-corrected chi connectivity index (χ2v) is 4.12. The molecule has 0 saturated carbocycles. The number of rotatable bonds is 8. The molecule has 0 aliphatic heterocycles. The van der Waals surface area contributed by atoms with Gasteiger partial charge in [0.25, 0.3) is 5.91 Å². The Hall–Kier alpha value is -1.89. The maximum Gasteiger partial charge on any atom is 0.354 e. The second kappa shape index (κ2) is 7.52. The Bertz CT molecular complexity index is 430. The lowest BCUT2D eigenvalue weighted by atomic mass is 10.3. The van der Waals surface area contributed by atoms with Crippen LogP contribution in [0.1, 0.15) is 41.2 Å². The lowest BCUT2D eigenvalue weighted by Crippen LogP contribution is -2.35. The molecule has 0 spiro atoms. The third-order valence-corrected chi connectivity index (χ3v) is 2.77. The van der Waals surface area contributed by atoms with E-state index in [1.54, 1.807) is 0 Å². The fourth-order valence-corrected chi connectivity index (χ4v) is 1.78. The van der Waals surface area contributed by atoms with Crippen LogP contribution in [0.15, 0.2) is 6.33 Å². The van der Waals surface area contributed by atoms with Crippen molar-refractivity contribution in [3.63, 3.8) is 0 Å². The molecule has 7 heteroatoms. The van der Waals surface area contributed by atoms with Gasteiger partial charge in [0.1, 0.15) is 0 Å². The van der Waals surface area contributed by atoms with E-state index in [4.69, 9.17) is 5.11 Å². The molecule has 0 aromatic carbocycles. The molecule has 1 rings (SSSR count). The van der Waals surface area contributed by atoms with Gasteiger partial charge in [0.2, 0.25) is 0 Å². The van der Waals surface area contributed by atoms with E-state index < -0.39 is 11.9 Å². The van der Waals surface area contributed by atoms with Gasteiger partial charge in [0.05, 0.1) is 6.33 Å². The van der Waals surface area contributed by atoms with E-state index >= 15 is 0 Å². The summed E-state index contributed by atoms with van der Waals surface area (Å²) in [4.78, 5) is 31.0. The van der Waals surface area contributed by atoms with Gasteiger partial charge in [-0.1, -0.05) is 13.8 Å². The molecule has 0 unspecified atom stereocenters. The molecule has 0 atom stereocenters. The number of aromatic carboxylic acids is 1. The molecule has 0 saturated heterocycles. The first-order valence-electron chi connectivity index (χ1n) is 6.37. The van der Waals surface area contributed by atoms with Crippen LogP contribution in [0.4, 0.5) is 0 Å². The maximum absolute atomic E-state index is 11.8. The zero-order chi connectivity index (χ0) is 14.3. The summed E-state index contributed by atoms with van der Waals surface area (Å²) in [5.74, 6) is -1.66. The summed E-state index contributed by atoms with van der Waals surface area (Å²) in [6, 6.07) is 0. The molecule has 1 heterocycles. The molecule has 0 bridgehead atoms. The number of carbonyl (C=O) groups excluding carboxylic acids is 1. The fourth-order valence-electron chi connectivity index (χ4n) is 1.78. The topological polar surface area (TPSA) is 98.3 Å². The van der Waals surface area contributed by atoms with E-state index in [1.165, 1.54) is 6.33 Å². The third-order valence-electron chi connectivity index (χ3n) is 2.77. The van der Waals surface area contributed by atoms with Gasteiger partial charge in [-0.2, -0.15) is 0 Å². The molecule has 0 aliphatic rings. The number of amides is 1. The third kappa shape index (κ3) is 4.36. The van der Waals surface area contributed by atoms with Crippen molar-refractivity contribution in [3.8, 4) is 0 Å². The predicted molar refractivity (Wildman–Crippen MR) is 70.3 cm³/mol. The maximum atomic E-state index is 11.8. The molecular formula is C12H20N4O3. The second-order valence-electron chi connectivity index (χ2n) is 4.12. The molecule has 1 amide bonds. The van der Waals surface area contributed by atoms with E-state index in [1.807, 2.05) is 0 Å². The average molecular weight is 268 g/mol. The molecule has 106 valence electrons. The molecule has 1 aromatic heterocycles. The number of aromatic amines is 1. The van der Waals surface area contributed by atoms with Crippen molar-refractivity contribution in [2.75, 3.05) is 26.2 Å². The van der Waals surface area contributed by atoms with Crippen LogP contribution in [0, 0.1) is 0 Å². The van der Waals surface area contributed by atoms with Crippen LogP contribution >= 0.6 is 0 Å². The van der Waals surface area contributed by atoms with E-state index in [-0.39, 0.29) is 11.4 Å². The number of carboxylic acids is 1. The number of H-pyrrole nitrogens is 1. The number of aromatic nitrogens is 2. The van der Waals surface area contributed by atoms with Crippen molar-refractivity contribution in [1.29, 1.82) is 0 Å². The summed E-state index contributed by atoms with van der Waals surface area (Å²) in [7, 11) is 0. The highest BCUT2D eigenvalue weighted by Crippen LogP contribution is 2.02. The quantitative estimate of drug-likeness (QED) is 0.640. The molecule has 0 aliphatic carbocycles. The molecule has 0 fully saturated rings. The molecule has 7 nitrogen and oxygen atoms in total. The van der Waals surface area contributed by atoms with Crippen LogP contribution in [0.3, 0.4) is 0 Å². The number of likely N-dealkylation sites (N-methyl/N-ethyl adjacent to an activating group) is 1. The van der Waals surface area contributed by atoms with Gasteiger partial charge < -0.3 is 20.3 Å². The van der Waals surface area contributed by atoms with Crippen molar-refractivity contribution >= 4 is 11.9 Å². The molecular weight excluding hydrogens is 248 g/mol. The SMILES string of the molecule is CCCN(CC)CCNC(=O)c1nc[nH]c1C(=O)O. The normalized spacial score (nSPS) is 10.7. The van der Waals surface area contributed by atoms with Crippen LogP contribution in [0.5, 0.6) is 0 Å². The fraction of sp³-hybridized carbons (Fsp3) is 0.583. The highest BCUT2D eigenvalue weighted by atomic mass is 16.4. The number of imidazole rings is 1. The first-order chi connectivity index (χ1) is 9.10. The molecule has 0 radical (unpaired) electrons. The summed E-state index contributed by atoms with van der Waals surface area (Å²) in [6.45, 7) is 7.28. The van der Waals surface area contributed by atoms with Crippen molar-refractivity contribution in [2.24, 2.45) is 0 Å². The first kappa shape index (κ1) is 15.2. The Kier molecular flexibility index (Phi) is 6.01. The zero-order valence-electron chi connectivity index (χ0n) is 11.3. The van der Waals surface area contributed by atoms with Gasteiger partial charge in [0, 0.05) is 13.1 Å². The van der Waals surface area contributed by atoms with E-state index in [9.17, 15) is 9.59 Å². The Morgan fingerprint density at radius 1 is 1.42 bits per heavy atom. The van der Waals surface area contributed by atoms with Crippen LogP contribution < -0.4 is 5.32 Å². The predicted octanol–water partition coefficient (Wildman–Crippen LogP) is 0.570. The standard InChI is InChI=1S/C12H20N4O3/c1-3-6-16(4-2)7-5-13-11(17)9-10(12(18)19)15-8-14-9/h8H,3-7H2,1-2H3,(H,13,17)(H,14,15)(H,18,19). The Labute approximate surface area is 112 Å². The van der Waals surface area contributed by atoms with Gasteiger partial charge in [-0.15, -0.1) is 0 Å².